The fourth-order valence-corrected chi connectivity index (χ4v) is 2.74. The third-order valence-electron chi connectivity index (χ3n) is 3.63. The topological polar surface area (TPSA) is 62.7 Å². The number of rotatable bonds is 4. The maximum absolute atomic E-state index is 4.64. The highest BCUT2D eigenvalue weighted by molar-refractivity contribution is 5.66. The van der Waals surface area contributed by atoms with Crippen LogP contribution in [0.5, 0.6) is 0 Å². The van der Waals surface area contributed by atoms with Crippen molar-refractivity contribution >= 4 is 17.5 Å². The summed E-state index contributed by atoms with van der Waals surface area (Å²) >= 11 is 0. The minimum absolute atomic E-state index is 0.139. The summed E-state index contributed by atoms with van der Waals surface area (Å²) in [5, 5.41) is 6.75. The normalized spacial score (nSPS) is 11.3. The van der Waals surface area contributed by atoms with Crippen LogP contribution in [0.25, 0.3) is 11.4 Å². The van der Waals surface area contributed by atoms with Gasteiger partial charge in [0, 0.05) is 23.5 Å². The number of anilines is 3. The van der Waals surface area contributed by atoms with Crippen molar-refractivity contribution in [2.45, 2.75) is 40.2 Å². The van der Waals surface area contributed by atoms with Gasteiger partial charge in [-0.25, -0.2) is 4.98 Å². The Morgan fingerprint density at radius 2 is 1.58 bits per heavy atom. The lowest BCUT2D eigenvalue weighted by Gasteiger charge is -2.21. The predicted octanol–water partition coefficient (Wildman–Crippen LogP) is 5.11. The summed E-state index contributed by atoms with van der Waals surface area (Å²) in [5.41, 5.74) is 4.88. The molecule has 0 fully saturated rings. The van der Waals surface area contributed by atoms with Crippen LogP contribution in [0.4, 0.5) is 17.5 Å². The van der Waals surface area contributed by atoms with Gasteiger partial charge in [0.1, 0.15) is 5.82 Å². The lowest BCUT2D eigenvalue weighted by Crippen LogP contribution is -2.27. The van der Waals surface area contributed by atoms with Crippen molar-refractivity contribution < 1.29 is 0 Å². The smallest absolute Gasteiger partial charge is 0.225 e. The summed E-state index contributed by atoms with van der Waals surface area (Å²) in [7, 11) is 0. The maximum Gasteiger partial charge on any atom is 0.225 e. The molecule has 0 saturated carbocycles. The zero-order valence-corrected chi connectivity index (χ0v) is 16.0. The first-order valence-corrected chi connectivity index (χ1v) is 8.72. The predicted molar refractivity (Wildman–Crippen MR) is 108 cm³/mol. The third-order valence-corrected chi connectivity index (χ3v) is 3.63. The monoisotopic (exact) mass is 347 g/mol. The van der Waals surface area contributed by atoms with Crippen molar-refractivity contribution in [3.63, 3.8) is 0 Å². The van der Waals surface area contributed by atoms with E-state index < -0.39 is 0 Å². The average Bonchev–Trinajstić information content (AvgIpc) is 2.53. The van der Waals surface area contributed by atoms with Crippen molar-refractivity contribution in [1.29, 1.82) is 0 Å². The SMILES string of the molecule is Cc1cc(C)cc(Nc2cc(-c3ccccn3)nc(NC(C)(C)C)n2)c1. The number of hydrogen-bond donors (Lipinski definition) is 2. The van der Waals surface area contributed by atoms with Gasteiger partial charge in [0.2, 0.25) is 5.95 Å². The van der Waals surface area contributed by atoms with Gasteiger partial charge in [-0.3, -0.25) is 4.98 Å². The van der Waals surface area contributed by atoms with E-state index in [4.69, 9.17) is 0 Å². The van der Waals surface area contributed by atoms with Gasteiger partial charge in [0.05, 0.1) is 11.4 Å². The zero-order chi connectivity index (χ0) is 18.7. The fourth-order valence-electron chi connectivity index (χ4n) is 2.74. The molecule has 0 unspecified atom stereocenters. The first-order valence-electron chi connectivity index (χ1n) is 8.72. The Morgan fingerprint density at radius 1 is 0.846 bits per heavy atom. The molecule has 0 atom stereocenters. The molecule has 0 bridgehead atoms. The van der Waals surface area contributed by atoms with E-state index in [1.165, 1.54) is 11.1 Å². The van der Waals surface area contributed by atoms with Gasteiger partial charge in [-0.15, -0.1) is 0 Å². The summed E-state index contributed by atoms with van der Waals surface area (Å²) in [5.74, 6) is 1.31. The Morgan fingerprint density at radius 3 is 2.19 bits per heavy atom. The van der Waals surface area contributed by atoms with Crippen LogP contribution < -0.4 is 10.6 Å². The molecule has 0 spiro atoms. The van der Waals surface area contributed by atoms with Gasteiger partial charge in [-0.05, 0) is 70.0 Å². The van der Waals surface area contributed by atoms with Gasteiger partial charge < -0.3 is 10.6 Å². The molecule has 0 saturated heterocycles. The number of aromatic nitrogens is 3. The van der Waals surface area contributed by atoms with E-state index in [1.54, 1.807) is 6.20 Å². The number of benzene rings is 1. The highest BCUT2D eigenvalue weighted by Crippen LogP contribution is 2.24. The van der Waals surface area contributed by atoms with Gasteiger partial charge in [0.15, 0.2) is 0 Å². The van der Waals surface area contributed by atoms with Crippen LogP contribution in [0.3, 0.4) is 0 Å². The maximum atomic E-state index is 4.64. The van der Waals surface area contributed by atoms with E-state index in [2.05, 4.69) is 78.4 Å². The molecule has 3 aromatic rings. The lowest BCUT2D eigenvalue weighted by atomic mass is 10.1. The Kier molecular flexibility index (Phi) is 4.89. The Bertz CT molecular complexity index is 878. The molecule has 2 aromatic heterocycles. The summed E-state index contributed by atoms with van der Waals surface area (Å²) in [6, 6.07) is 14.1. The number of nitrogens with zero attached hydrogens (tertiary/aromatic N) is 3. The first kappa shape index (κ1) is 17.9. The van der Waals surface area contributed by atoms with E-state index in [-0.39, 0.29) is 5.54 Å². The van der Waals surface area contributed by atoms with Crippen LogP contribution in [-0.4, -0.2) is 20.5 Å². The summed E-state index contributed by atoms with van der Waals surface area (Å²) < 4.78 is 0. The van der Waals surface area contributed by atoms with Crippen molar-refractivity contribution in [3.8, 4) is 11.4 Å². The minimum atomic E-state index is -0.139. The first-order chi connectivity index (χ1) is 12.3. The molecular weight excluding hydrogens is 322 g/mol. The van der Waals surface area contributed by atoms with Crippen LogP contribution in [0.15, 0.2) is 48.7 Å². The van der Waals surface area contributed by atoms with Crippen molar-refractivity contribution in [2.24, 2.45) is 0 Å². The third kappa shape index (κ3) is 4.79. The molecule has 2 N–H and O–H groups in total. The van der Waals surface area contributed by atoms with Gasteiger partial charge in [-0.1, -0.05) is 12.1 Å². The van der Waals surface area contributed by atoms with Crippen molar-refractivity contribution in [2.75, 3.05) is 10.6 Å². The highest BCUT2D eigenvalue weighted by Gasteiger charge is 2.14. The molecule has 0 aliphatic rings. The highest BCUT2D eigenvalue weighted by atomic mass is 15.2. The summed E-state index contributed by atoms with van der Waals surface area (Å²) in [6.45, 7) is 10.4. The molecule has 0 aliphatic heterocycles. The number of hydrogen-bond acceptors (Lipinski definition) is 5. The molecule has 26 heavy (non-hydrogen) atoms. The molecular formula is C21H25N5. The lowest BCUT2D eigenvalue weighted by molar-refractivity contribution is 0.626. The summed E-state index contributed by atoms with van der Waals surface area (Å²) in [4.78, 5) is 13.7. The Hall–Kier alpha value is -2.95. The van der Waals surface area contributed by atoms with Gasteiger partial charge in [0.25, 0.3) is 0 Å². The summed E-state index contributed by atoms with van der Waals surface area (Å²) in [6.07, 6.45) is 1.77. The van der Waals surface area contributed by atoms with Gasteiger partial charge >= 0.3 is 0 Å². The second kappa shape index (κ2) is 7.12. The quantitative estimate of drug-likeness (QED) is 0.687. The Balaban J connectivity index is 2.01. The van der Waals surface area contributed by atoms with Gasteiger partial charge in [-0.2, -0.15) is 4.98 Å². The number of aryl methyl sites for hydroxylation is 2. The zero-order valence-electron chi connectivity index (χ0n) is 16.0. The molecule has 5 nitrogen and oxygen atoms in total. The number of pyridine rings is 1. The van der Waals surface area contributed by atoms with Crippen LogP contribution in [0.2, 0.25) is 0 Å². The molecule has 0 aliphatic carbocycles. The van der Waals surface area contributed by atoms with E-state index in [9.17, 15) is 0 Å². The second-order valence-electron chi connectivity index (χ2n) is 7.55. The van der Waals surface area contributed by atoms with Crippen LogP contribution in [0.1, 0.15) is 31.9 Å². The van der Waals surface area contributed by atoms with E-state index in [1.807, 2.05) is 24.3 Å². The van der Waals surface area contributed by atoms with E-state index >= 15 is 0 Å². The fraction of sp³-hybridized carbons (Fsp3) is 0.286. The average molecular weight is 347 g/mol. The minimum Gasteiger partial charge on any atom is -0.350 e. The molecule has 2 heterocycles. The van der Waals surface area contributed by atoms with Crippen LogP contribution in [0, 0.1) is 13.8 Å². The Labute approximate surface area is 154 Å². The second-order valence-corrected chi connectivity index (χ2v) is 7.55. The van der Waals surface area contributed by atoms with E-state index in [0.717, 1.165) is 22.9 Å². The molecule has 134 valence electrons. The number of nitrogens with one attached hydrogen (secondary N) is 2. The standard InChI is InChI=1S/C21H25N5/c1-14-10-15(2)12-16(11-14)23-19-13-18(17-8-6-7-9-22-17)24-20(25-19)26-21(3,4)5/h6-13H,1-5H3,(H2,23,24,25,26). The van der Waals surface area contributed by atoms with Crippen LogP contribution in [-0.2, 0) is 0 Å². The van der Waals surface area contributed by atoms with Crippen LogP contribution >= 0.6 is 0 Å². The van der Waals surface area contributed by atoms with E-state index in [0.29, 0.717) is 5.95 Å². The largest absolute Gasteiger partial charge is 0.350 e. The molecule has 5 heteroatoms. The molecule has 1 aromatic carbocycles. The molecule has 0 radical (unpaired) electrons. The molecule has 0 amide bonds. The van der Waals surface area contributed by atoms with Crippen molar-refractivity contribution in [1.82, 2.24) is 15.0 Å². The molecule has 3 rings (SSSR count). The van der Waals surface area contributed by atoms with Crippen molar-refractivity contribution in [3.05, 3.63) is 59.8 Å².